The molecule has 0 aliphatic carbocycles. The molecule has 1 N–H and O–H groups in total. The standard InChI is InChI=1S/C28H31Cl2N3O4S/c1-18-9-13-23(14-10-18)38(36,37)33(22-12-11-19(2)20(3)15-22)17-27(34)32(21(4)28(35)31-5)16-24-25(29)7-6-8-26(24)30/h6-15,21H,16-17H2,1-5H3,(H,31,35)/t21-/m1/s1. The quantitative estimate of drug-likeness (QED) is 0.376. The fourth-order valence-electron chi connectivity index (χ4n) is 3.89. The Morgan fingerprint density at radius 1 is 0.921 bits per heavy atom. The highest BCUT2D eigenvalue weighted by molar-refractivity contribution is 7.92. The Balaban J connectivity index is 2.09. The Kier molecular flexibility index (Phi) is 9.46. The Morgan fingerprint density at radius 2 is 1.53 bits per heavy atom. The summed E-state index contributed by atoms with van der Waals surface area (Å²) in [5.41, 5.74) is 3.55. The first-order chi connectivity index (χ1) is 17.9. The number of nitrogens with zero attached hydrogens (tertiary/aromatic N) is 2. The van der Waals surface area contributed by atoms with Gasteiger partial charge in [-0.05, 0) is 75.2 Å². The van der Waals surface area contributed by atoms with Gasteiger partial charge >= 0.3 is 0 Å². The van der Waals surface area contributed by atoms with E-state index in [2.05, 4.69) is 5.32 Å². The molecule has 3 aromatic rings. The number of likely N-dealkylation sites (N-methyl/N-ethyl adjacent to an activating group) is 1. The van der Waals surface area contributed by atoms with E-state index in [1.807, 2.05) is 20.8 Å². The zero-order valence-corrected chi connectivity index (χ0v) is 24.3. The second kappa shape index (κ2) is 12.2. The van der Waals surface area contributed by atoms with Crippen molar-refractivity contribution in [3.63, 3.8) is 0 Å². The van der Waals surface area contributed by atoms with Gasteiger partial charge in [-0.1, -0.05) is 53.0 Å². The third kappa shape index (κ3) is 6.49. The second-order valence-corrected chi connectivity index (χ2v) is 11.8. The summed E-state index contributed by atoms with van der Waals surface area (Å²) in [6.07, 6.45) is 0. The van der Waals surface area contributed by atoms with Gasteiger partial charge in [-0.25, -0.2) is 8.42 Å². The summed E-state index contributed by atoms with van der Waals surface area (Å²) in [5, 5.41) is 3.21. The van der Waals surface area contributed by atoms with Gasteiger partial charge in [-0.2, -0.15) is 0 Å². The van der Waals surface area contributed by atoms with Gasteiger partial charge in [0.05, 0.1) is 10.6 Å². The lowest BCUT2D eigenvalue weighted by atomic mass is 10.1. The predicted octanol–water partition coefficient (Wildman–Crippen LogP) is 5.28. The number of carbonyl (C=O) groups excluding carboxylic acids is 2. The summed E-state index contributed by atoms with van der Waals surface area (Å²) < 4.78 is 28.8. The monoisotopic (exact) mass is 575 g/mol. The molecule has 0 unspecified atom stereocenters. The van der Waals surface area contributed by atoms with Crippen LogP contribution in [0, 0.1) is 20.8 Å². The Labute approximate surface area is 234 Å². The maximum atomic E-state index is 13.9. The summed E-state index contributed by atoms with van der Waals surface area (Å²) in [5.74, 6) is -1.01. The molecule has 0 aliphatic heterocycles. The number of carbonyl (C=O) groups is 2. The lowest BCUT2D eigenvalue weighted by molar-refractivity contribution is -0.139. The number of benzene rings is 3. The predicted molar refractivity (Wildman–Crippen MR) is 152 cm³/mol. The maximum absolute atomic E-state index is 13.9. The third-order valence-electron chi connectivity index (χ3n) is 6.47. The first-order valence-corrected chi connectivity index (χ1v) is 14.2. The van der Waals surface area contributed by atoms with E-state index in [0.717, 1.165) is 21.0 Å². The number of halogens is 2. The molecule has 0 saturated carbocycles. The third-order valence-corrected chi connectivity index (χ3v) is 8.97. The minimum Gasteiger partial charge on any atom is -0.357 e. The Bertz CT molecular complexity index is 1420. The number of sulfonamides is 1. The molecule has 3 aromatic carbocycles. The van der Waals surface area contributed by atoms with Crippen molar-refractivity contribution in [2.24, 2.45) is 0 Å². The van der Waals surface area contributed by atoms with Crippen LogP contribution in [-0.4, -0.2) is 44.8 Å². The highest BCUT2D eigenvalue weighted by Crippen LogP contribution is 2.29. The first-order valence-electron chi connectivity index (χ1n) is 12.0. The van der Waals surface area contributed by atoms with Crippen molar-refractivity contribution in [1.82, 2.24) is 10.2 Å². The number of amides is 2. The zero-order valence-electron chi connectivity index (χ0n) is 22.0. The van der Waals surface area contributed by atoms with E-state index in [4.69, 9.17) is 23.2 Å². The first kappa shape index (κ1) is 29.5. The number of rotatable bonds is 9. The van der Waals surface area contributed by atoms with Crippen molar-refractivity contribution in [1.29, 1.82) is 0 Å². The lowest BCUT2D eigenvalue weighted by Crippen LogP contribution is -2.50. The molecule has 0 aromatic heterocycles. The molecule has 3 rings (SSSR count). The second-order valence-electron chi connectivity index (χ2n) is 9.11. The van der Waals surface area contributed by atoms with Gasteiger partial charge in [0.1, 0.15) is 12.6 Å². The molecule has 38 heavy (non-hydrogen) atoms. The van der Waals surface area contributed by atoms with E-state index in [1.54, 1.807) is 55.5 Å². The van der Waals surface area contributed by atoms with Crippen molar-refractivity contribution in [3.8, 4) is 0 Å². The van der Waals surface area contributed by atoms with E-state index < -0.39 is 34.4 Å². The Morgan fingerprint density at radius 3 is 2.08 bits per heavy atom. The number of aryl methyl sites for hydroxylation is 3. The van der Waals surface area contributed by atoms with Crippen LogP contribution in [0.3, 0.4) is 0 Å². The number of hydrogen-bond acceptors (Lipinski definition) is 4. The fourth-order valence-corrected chi connectivity index (χ4v) is 5.82. The maximum Gasteiger partial charge on any atom is 0.264 e. The van der Waals surface area contributed by atoms with Crippen molar-refractivity contribution in [2.45, 2.75) is 45.2 Å². The molecular weight excluding hydrogens is 545 g/mol. The van der Waals surface area contributed by atoms with Gasteiger partial charge in [-0.3, -0.25) is 13.9 Å². The number of anilines is 1. The molecular formula is C28H31Cl2N3O4S. The molecule has 1 atom stereocenters. The van der Waals surface area contributed by atoms with Gasteiger partial charge in [0.15, 0.2) is 0 Å². The van der Waals surface area contributed by atoms with Crippen LogP contribution in [-0.2, 0) is 26.2 Å². The molecule has 0 heterocycles. The smallest absolute Gasteiger partial charge is 0.264 e. The van der Waals surface area contributed by atoms with E-state index in [1.165, 1.54) is 24.1 Å². The van der Waals surface area contributed by atoms with Crippen molar-refractivity contribution in [3.05, 3.63) is 93.0 Å². The van der Waals surface area contributed by atoms with Crippen LogP contribution < -0.4 is 9.62 Å². The van der Waals surface area contributed by atoms with Crippen molar-refractivity contribution in [2.75, 3.05) is 17.9 Å². The summed E-state index contributed by atoms with van der Waals surface area (Å²) in [7, 11) is -2.67. The highest BCUT2D eigenvalue weighted by Gasteiger charge is 2.33. The summed E-state index contributed by atoms with van der Waals surface area (Å²) >= 11 is 12.7. The number of nitrogens with one attached hydrogen (secondary N) is 1. The van der Waals surface area contributed by atoms with E-state index in [-0.39, 0.29) is 11.4 Å². The zero-order chi connectivity index (χ0) is 28.2. The SMILES string of the molecule is CNC(=O)[C@@H](C)N(Cc1c(Cl)cccc1Cl)C(=O)CN(c1ccc(C)c(C)c1)S(=O)(=O)c1ccc(C)cc1. The van der Waals surface area contributed by atoms with Gasteiger partial charge in [0.2, 0.25) is 11.8 Å². The largest absolute Gasteiger partial charge is 0.357 e. The summed E-state index contributed by atoms with van der Waals surface area (Å²) in [6.45, 7) is 6.59. The molecule has 7 nitrogen and oxygen atoms in total. The average molecular weight is 577 g/mol. The van der Waals surface area contributed by atoms with Gasteiger partial charge in [0, 0.05) is 29.2 Å². The van der Waals surface area contributed by atoms with Gasteiger partial charge in [0.25, 0.3) is 10.0 Å². The van der Waals surface area contributed by atoms with Crippen molar-refractivity contribution >= 4 is 50.7 Å². The number of hydrogen-bond donors (Lipinski definition) is 1. The highest BCUT2D eigenvalue weighted by atomic mass is 35.5. The lowest BCUT2D eigenvalue weighted by Gasteiger charge is -2.32. The molecule has 0 spiro atoms. The summed E-state index contributed by atoms with van der Waals surface area (Å²) in [6, 6.07) is 15.7. The molecule has 0 radical (unpaired) electrons. The topological polar surface area (TPSA) is 86.8 Å². The van der Waals surface area contributed by atoms with E-state index >= 15 is 0 Å². The van der Waals surface area contributed by atoms with Crippen LogP contribution in [0.25, 0.3) is 0 Å². The fraction of sp³-hybridized carbons (Fsp3) is 0.286. The molecule has 2 amide bonds. The molecule has 0 aliphatic rings. The van der Waals surface area contributed by atoms with Crippen LogP contribution in [0.5, 0.6) is 0 Å². The average Bonchev–Trinajstić information content (AvgIpc) is 2.88. The molecule has 0 fully saturated rings. The molecule has 0 bridgehead atoms. The summed E-state index contributed by atoms with van der Waals surface area (Å²) in [4.78, 5) is 27.8. The van der Waals surface area contributed by atoms with Crippen LogP contribution in [0.4, 0.5) is 5.69 Å². The van der Waals surface area contributed by atoms with Crippen LogP contribution in [0.2, 0.25) is 10.0 Å². The van der Waals surface area contributed by atoms with Gasteiger partial charge in [-0.15, -0.1) is 0 Å². The van der Waals surface area contributed by atoms with Crippen molar-refractivity contribution < 1.29 is 18.0 Å². The van der Waals surface area contributed by atoms with Gasteiger partial charge < -0.3 is 10.2 Å². The minimum atomic E-state index is -4.14. The van der Waals surface area contributed by atoms with E-state index in [9.17, 15) is 18.0 Å². The molecule has 0 saturated heterocycles. The van der Waals surface area contributed by atoms with Crippen LogP contribution in [0.15, 0.2) is 65.6 Å². The van der Waals surface area contributed by atoms with E-state index in [0.29, 0.717) is 21.3 Å². The molecule has 10 heteroatoms. The van der Waals surface area contributed by atoms with Crippen LogP contribution >= 0.6 is 23.2 Å². The van der Waals surface area contributed by atoms with Crippen LogP contribution in [0.1, 0.15) is 29.2 Å². The minimum absolute atomic E-state index is 0.0502. The normalized spacial score (nSPS) is 12.1. The Hall–Kier alpha value is -3.07. The molecule has 202 valence electrons.